The van der Waals surface area contributed by atoms with Gasteiger partial charge in [-0.05, 0) is 105 Å². The number of benzene rings is 3. The average molecular weight is 582 g/mol. The molecule has 1 unspecified atom stereocenters. The summed E-state index contributed by atoms with van der Waals surface area (Å²) in [5.41, 5.74) is 12.8. The van der Waals surface area contributed by atoms with E-state index in [9.17, 15) is 14.0 Å². The number of para-hydroxylation sites is 1. The van der Waals surface area contributed by atoms with Gasteiger partial charge in [0.25, 0.3) is 0 Å². The standard InChI is InChI=1S/C36H40FN3O3/c1-23-29(31-9-5-6-10-33(31)39-23)18-19-40(35(42)43-36(2,3)4)34-11-7-8-25-20-24(13-17-30(25)34)12-16-28(41)21-26-14-15-27(37)22-32(26)38/h5-6,9-10,12-17,20,22,34,39H,7-8,11,18-19,21,38H2,1-4H3/b16-12+. The highest BCUT2D eigenvalue weighted by atomic mass is 19.1. The van der Waals surface area contributed by atoms with Crippen LogP contribution >= 0.6 is 0 Å². The molecular weight excluding hydrogens is 541 g/mol. The molecule has 4 aromatic rings. The average Bonchev–Trinajstić information content (AvgIpc) is 3.27. The quantitative estimate of drug-likeness (QED) is 0.164. The number of nitrogens with two attached hydrogens (primary N) is 1. The maximum absolute atomic E-state index is 13.6. The molecule has 0 aliphatic heterocycles. The van der Waals surface area contributed by atoms with Crippen molar-refractivity contribution in [1.82, 2.24) is 9.88 Å². The van der Waals surface area contributed by atoms with Crippen LogP contribution in [0.15, 0.2) is 66.7 Å². The number of amides is 1. The third kappa shape index (κ3) is 7.16. The number of anilines is 1. The molecule has 6 nitrogen and oxygen atoms in total. The molecule has 0 saturated carbocycles. The van der Waals surface area contributed by atoms with E-state index >= 15 is 0 Å². The number of nitrogen functional groups attached to an aromatic ring is 1. The second-order valence-corrected chi connectivity index (χ2v) is 12.4. The minimum Gasteiger partial charge on any atom is -0.444 e. The summed E-state index contributed by atoms with van der Waals surface area (Å²) in [6.45, 7) is 8.30. The number of carbonyl (C=O) groups excluding carboxylic acids is 2. The number of halogens is 1. The van der Waals surface area contributed by atoms with Gasteiger partial charge in [0.1, 0.15) is 11.4 Å². The van der Waals surface area contributed by atoms with E-state index in [0.717, 1.165) is 41.6 Å². The smallest absolute Gasteiger partial charge is 0.410 e. The Hall–Kier alpha value is -4.39. The number of allylic oxidation sites excluding steroid dienone is 1. The van der Waals surface area contributed by atoms with Crippen LogP contribution in [0, 0.1) is 12.7 Å². The summed E-state index contributed by atoms with van der Waals surface area (Å²) in [4.78, 5) is 31.6. The van der Waals surface area contributed by atoms with Crippen molar-refractivity contribution in [1.29, 1.82) is 0 Å². The Bertz CT molecular complexity index is 1680. The highest BCUT2D eigenvalue weighted by molar-refractivity contribution is 5.95. The van der Waals surface area contributed by atoms with Gasteiger partial charge in [-0.2, -0.15) is 0 Å². The summed E-state index contributed by atoms with van der Waals surface area (Å²) in [5, 5.41) is 1.18. The highest BCUT2D eigenvalue weighted by Crippen LogP contribution is 2.36. The molecule has 0 radical (unpaired) electrons. The molecule has 0 fully saturated rings. The van der Waals surface area contributed by atoms with Crippen LogP contribution in [-0.4, -0.2) is 33.9 Å². The van der Waals surface area contributed by atoms with Crippen LogP contribution in [0.1, 0.15) is 73.2 Å². The number of hydrogen-bond donors (Lipinski definition) is 2. The number of H-pyrrole nitrogens is 1. The lowest BCUT2D eigenvalue weighted by molar-refractivity contribution is -0.113. The molecule has 0 bridgehead atoms. The molecule has 224 valence electrons. The topological polar surface area (TPSA) is 88.4 Å². The van der Waals surface area contributed by atoms with E-state index in [-0.39, 0.29) is 30.0 Å². The Labute approximate surface area is 252 Å². The first kappa shape index (κ1) is 30.1. The zero-order chi connectivity index (χ0) is 30.7. The van der Waals surface area contributed by atoms with E-state index in [1.165, 1.54) is 28.6 Å². The molecule has 1 aliphatic carbocycles. The summed E-state index contributed by atoms with van der Waals surface area (Å²) < 4.78 is 19.3. The largest absolute Gasteiger partial charge is 0.444 e. The van der Waals surface area contributed by atoms with Crippen LogP contribution in [0.4, 0.5) is 14.9 Å². The lowest BCUT2D eigenvalue weighted by Gasteiger charge is -2.37. The maximum atomic E-state index is 13.6. The van der Waals surface area contributed by atoms with Crippen LogP contribution in [0.3, 0.4) is 0 Å². The van der Waals surface area contributed by atoms with Crippen LogP contribution in [0.25, 0.3) is 17.0 Å². The Morgan fingerprint density at radius 1 is 1.12 bits per heavy atom. The van der Waals surface area contributed by atoms with E-state index in [1.807, 2.05) is 43.9 Å². The second-order valence-electron chi connectivity index (χ2n) is 12.4. The van der Waals surface area contributed by atoms with E-state index < -0.39 is 11.4 Å². The summed E-state index contributed by atoms with van der Waals surface area (Å²) in [6.07, 6.45) is 6.55. The Morgan fingerprint density at radius 2 is 1.91 bits per heavy atom. The zero-order valence-corrected chi connectivity index (χ0v) is 25.4. The van der Waals surface area contributed by atoms with Crippen LogP contribution in [0.2, 0.25) is 0 Å². The minimum atomic E-state index is -0.608. The summed E-state index contributed by atoms with van der Waals surface area (Å²) >= 11 is 0. The van der Waals surface area contributed by atoms with Gasteiger partial charge >= 0.3 is 6.09 Å². The molecule has 0 spiro atoms. The van der Waals surface area contributed by atoms with Crippen LogP contribution < -0.4 is 5.73 Å². The van der Waals surface area contributed by atoms with Gasteiger partial charge in [-0.15, -0.1) is 0 Å². The van der Waals surface area contributed by atoms with Gasteiger partial charge in [0.2, 0.25) is 0 Å². The molecule has 43 heavy (non-hydrogen) atoms. The minimum absolute atomic E-state index is 0.106. The van der Waals surface area contributed by atoms with Crippen molar-refractivity contribution < 1.29 is 18.7 Å². The Kier molecular flexibility index (Phi) is 8.71. The predicted octanol–water partition coefficient (Wildman–Crippen LogP) is 7.88. The molecule has 1 atom stereocenters. The fourth-order valence-corrected chi connectivity index (χ4v) is 5.98. The fourth-order valence-electron chi connectivity index (χ4n) is 5.98. The van der Waals surface area contributed by atoms with Gasteiger partial charge in [-0.25, -0.2) is 9.18 Å². The Morgan fingerprint density at radius 3 is 2.67 bits per heavy atom. The number of hydrogen-bond acceptors (Lipinski definition) is 4. The van der Waals surface area contributed by atoms with E-state index in [0.29, 0.717) is 18.5 Å². The molecule has 3 N–H and O–H groups in total. The van der Waals surface area contributed by atoms with Crippen molar-refractivity contribution in [3.63, 3.8) is 0 Å². The summed E-state index contributed by atoms with van der Waals surface area (Å²) in [7, 11) is 0. The lowest BCUT2D eigenvalue weighted by atomic mass is 9.85. The number of ether oxygens (including phenoxy) is 1. The predicted molar refractivity (Wildman–Crippen MR) is 170 cm³/mol. The first-order valence-electron chi connectivity index (χ1n) is 14.9. The molecule has 5 rings (SSSR count). The van der Waals surface area contributed by atoms with E-state index in [2.05, 4.69) is 36.2 Å². The van der Waals surface area contributed by atoms with E-state index in [1.54, 1.807) is 18.2 Å². The summed E-state index contributed by atoms with van der Waals surface area (Å²) in [5.74, 6) is -0.535. The SMILES string of the molecule is Cc1[nH]c2ccccc2c1CCN(C(=O)OC(C)(C)C)C1CCCc2cc(/C=C/C(=O)Cc3ccc(F)cc3N)ccc21. The van der Waals surface area contributed by atoms with Crippen molar-refractivity contribution in [2.45, 2.75) is 71.4 Å². The number of fused-ring (bicyclic) bond motifs is 2. The Balaban J connectivity index is 1.36. The highest BCUT2D eigenvalue weighted by Gasteiger charge is 2.32. The first-order valence-corrected chi connectivity index (χ1v) is 14.9. The van der Waals surface area contributed by atoms with Crippen molar-refractivity contribution in [3.8, 4) is 0 Å². The zero-order valence-electron chi connectivity index (χ0n) is 25.4. The molecular formula is C36H40FN3O3. The van der Waals surface area contributed by atoms with Gasteiger partial charge in [0.15, 0.2) is 5.78 Å². The molecule has 3 aromatic carbocycles. The first-order chi connectivity index (χ1) is 20.5. The molecule has 0 saturated heterocycles. The second kappa shape index (κ2) is 12.5. The van der Waals surface area contributed by atoms with Crippen molar-refractivity contribution >= 4 is 34.5 Å². The molecule has 7 heteroatoms. The number of nitrogens with one attached hydrogen (secondary N) is 1. The fraction of sp³-hybridized carbons (Fsp3) is 0.333. The number of carbonyl (C=O) groups is 2. The normalized spacial score (nSPS) is 15.0. The van der Waals surface area contributed by atoms with E-state index in [4.69, 9.17) is 10.5 Å². The van der Waals surface area contributed by atoms with Gasteiger partial charge in [-0.3, -0.25) is 4.79 Å². The van der Waals surface area contributed by atoms with Crippen molar-refractivity contribution in [3.05, 3.63) is 106 Å². The van der Waals surface area contributed by atoms with Gasteiger partial charge in [0, 0.05) is 35.2 Å². The van der Waals surface area contributed by atoms with Gasteiger partial charge in [0.05, 0.1) is 6.04 Å². The number of aromatic amines is 1. The van der Waals surface area contributed by atoms with Crippen molar-refractivity contribution in [2.24, 2.45) is 0 Å². The number of rotatable bonds is 8. The number of ketones is 1. The number of aryl methyl sites for hydroxylation is 2. The maximum Gasteiger partial charge on any atom is 0.410 e. The third-order valence-electron chi connectivity index (χ3n) is 8.02. The van der Waals surface area contributed by atoms with Gasteiger partial charge in [-0.1, -0.05) is 48.5 Å². The monoisotopic (exact) mass is 581 g/mol. The number of aromatic nitrogens is 1. The lowest BCUT2D eigenvalue weighted by Crippen LogP contribution is -2.41. The molecule has 1 aromatic heterocycles. The van der Waals surface area contributed by atoms with Crippen LogP contribution in [0.5, 0.6) is 0 Å². The number of nitrogens with zero attached hydrogens (tertiary/aromatic N) is 1. The summed E-state index contributed by atoms with van der Waals surface area (Å²) in [6, 6.07) is 18.4. The van der Waals surface area contributed by atoms with Crippen molar-refractivity contribution in [2.75, 3.05) is 12.3 Å². The molecule has 1 aliphatic rings. The molecule has 1 amide bonds. The van der Waals surface area contributed by atoms with Gasteiger partial charge < -0.3 is 20.4 Å². The van der Waals surface area contributed by atoms with Crippen LogP contribution in [-0.2, 0) is 28.8 Å². The molecule has 1 heterocycles. The third-order valence-corrected chi connectivity index (χ3v) is 8.02.